The maximum atomic E-state index is 14.8. The standard InChI is InChI=1S/C40H45Cl2N6O8P/c1-19(2)33(43)36(50)48(21(4)35(44)49)26-9-27-31(25-8-6-5-7-24(25)26)22(11-41)14-46(27)37(51)39-16-40(17-39,18-39)38(52)47-15-23(12-42)32-28(47)10-29(56-57(53,54)55)34-30(32)20(3)13-45-34/h5-10,13,19,21-23,33,45H,11-12,14-18,43H2,1-4H3,(H2,44,49)(H2,53,54,55)/t21-,22+,23+,33-,39?,40?/m0/s1. The number of H-pyrrole nitrogens is 1. The number of phosphoric ester groups is 1. The number of nitrogens with zero attached hydrogens (tertiary/aromatic N) is 3. The Morgan fingerprint density at radius 1 is 0.947 bits per heavy atom. The highest BCUT2D eigenvalue weighted by Crippen LogP contribution is 2.75. The lowest BCUT2D eigenvalue weighted by atomic mass is 9.34. The molecule has 0 saturated heterocycles. The molecule has 0 radical (unpaired) electrons. The van der Waals surface area contributed by atoms with Gasteiger partial charge in [0.25, 0.3) is 0 Å². The molecule has 7 N–H and O–H groups in total. The van der Waals surface area contributed by atoms with Gasteiger partial charge in [0, 0.05) is 65.4 Å². The summed E-state index contributed by atoms with van der Waals surface area (Å²) in [5.41, 5.74) is 14.9. The van der Waals surface area contributed by atoms with Crippen LogP contribution in [0.2, 0.25) is 0 Å². The van der Waals surface area contributed by atoms with E-state index >= 15 is 0 Å². The first-order valence-corrected chi connectivity index (χ1v) is 21.6. The van der Waals surface area contributed by atoms with Gasteiger partial charge in [0.2, 0.25) is 23.6 Å². The Morgan fingerprint density at radius 3 is 2.02 bits per heavy atom. The van der Waals surface area contributed by atoms with E-state index in [-0.39, 0.29) is 53.6 Å². The Hall–Kier alpha value is -4.17. The van der Waals surface area contributed by atoms with E-state index in [2.05, 4.69) is 4.98 Å². The highest BCUT2D eigenvalue weighted by Gasteiger charge is 2.76. The van der Waals surface area contributed by atoms with Crippen molar-refractivity contribution in [3.05, 3.63) is 59.3 Å². The zero-order valence-electron chi connectivity index (χ0n) is 31.9. The number of carbonyl (C=O) groups is 4. The topological polar surface area (TPSA) is 213 Å². The van der Waals surface area contributed by atoms with Crippen LogP contribution >= 0.6 is 31.0 Å². The molecule has 14 nitrogen and oxygen atoms in total. The summed E-state index contributed by atoms with van der Waals surface area (Å²) in [6.07, 6.45) is 2.67. The first kappa shape index (κ1) is 39.6. The molecule has 3 fully saturated rings. The Labute approximate surface area is 339 Å². The lowest BCUT2D eigenvalue weighted by Crippen LogP contribution is -2.73. The van der Waals surface area contributed by atoms with Crippen molar-refractivity contribution in [2.75, 3.05) is 39.5 Å². The summed E-state index contributed by atoms with van der Waals surface area (Å²) in [6, 6.07) is 8.78. The van der Waals surface area contributed by atoms with E-state index in [1.807, 2.05) is 45.0 Å². The molecule has 1 aromatic heterocycles. The van der Waals surface area contributed by atoms with Crippen LogP contribution in [0.4, 0.5) is 17.1 Å². The normalized spacial score (nSPS) is 24.5. The van der Waals surface area contributed by atoms with Crippen LogP contribution in [0, 0.1) is 23.7 Å². The predicted molar refractivity (Wildman–Crippen MR) is 219 cm³/mol. The van der Waals surface area contributed by atoms with Crippen LogP contribution in [-0.4, -0.2) is 75.3 Å². The summed E-state index contributed by atoms with van der Waals surface area (Å²) in [6.45, 7) is 7.62. The van der Waals surface area contributed by atoms with Gasteiger partial charge in [-0.1, -0.05) is 38.1 Å². The molecule has 2 bridgehead atoms. The fourth-order valence-corrected chi connectivity index (χ4v) is 10.8. The smallest absolute Gasteiger partial charge is 0.402 e. The summed E-state index contributed by atoms with van der Waals surface area (Å²) < 4.78 is 17.1. The molecule has 3 heterocycles. The van der Waals surface area contributed by atoms with Gasteiger partial charge in [-0.2, -0.15) is 0 Å². The lowest BCUT2D eigenvalue weighted by molar-refractivity contribution is -0.205. The van der Waals surface area contributed by atoms with Gasteiger partial charge < -0.3 is 30.8 Å². The van der Waals surface area contributed by atoms with Gasteiger partial charge in [0.1, 0.15) is 6.04 Å². The van der Waals surface area contributed by atoms with Crippen LogP contribution in [0.5, 0.6) is 5.75 Å². The number of hydrogen-bond donors (Lipinski definition) is 5. The lowest BCUT2D eigenvalue weighted by Gasteiger charge is -2.69. The number of carbonyl (C=O) groups excluding carboxylic acids is 4. The molecule has 5 aliphatic rings. The van der Waals surface area contributed by atoms with E-state index < -0.39 is 42.6 Å². The third kappa shape index (κ3) is 5.97. The van der Waals surface area contributed by atoms with Crippen molar-refractivity contribution in [2.24, 2.45) is 28.2 Å². The van der Waals surface area contributed by atoms with Crippen molar-refractivity contribution in [2.45, 2.75) is 70.9 Å². The number of primary amides is 1. The second kappa shape index (κ2) is 13.7. The second-order valence-electron chi connectivity index (χ2n) is 16.7. The van der Waals surface area contributed by atoms with Crippen molar-refractivity contribution in [1.82, 2.24) is 4.98 Å². The second-order valence-corrected chi connectivity index (χ2v) is 18.4. The van der Waals surface area contributed by atoms with Gasteiger partial charge >= 0.3 is 7.82 Å². The number of nitrogens with one attached hydrogen (secondary N) is 1. The summed E-state index contributed by atoms with van der Waals surface area (Å²) >= 11 is 13.1. The number of rotatable bonds is 11. The molecule has 9 rings (SSSR count). The van der Waals surface area contributed by atoms with Crippen LogP contribution in [0.25, 0.3) is 21.7 Å². The molecule has 57 heavy (non-hydrogen) atoms. The average Bonchev–Trinajstić information content (AvgIpc) is 3.82. The first-order valence-electron chi connectivity index (χ1n) is 19.0. The Balaban J connectivity index is 1.13. The van der Waals surface area contributed by atoms with E-state index in [0.29, 0.717) is 59.2 Å². The third-order valence-corrected chi connectivity index (χ3v) is 13.9. The largest absolute Gasteiger partial charge is 0.524 e. The molecular weight excluding hydrogens is 794 g/mol. The van der Waals surface area contributed by atoms with Crippen LogP contribution < -0.4 is 30.7 Å². The minimum absolute atomic E-state index is 0.0763. The van der Waals surface area contributed by atoms with Crippen LogP contribution in [0.1, 0.15) is 68.6 Å². The maximum Gasteiger partial charge on any atom is 0.524 e. The van der Waals surface area contributed by atoms with Crippen LogP contribution in [0.15, 0.2) is 42.6 Å². The van der Waals surface area contributed by atoms with Gasteiger partial charge in [-0.3, -0.25) is 33.9 Å². The van der Waals surface area contributed by atoms with Gasteiger partial charge in [0.05, 0.1) is 33.8 Å². The number of fused-ring (bicyclic) bond motifs is 6. The number of alkyl halides is 2. The van der Waals surface area contributed by atoms with Crippen molar-refractivity contribution >= 4 is 93.4 Å². The van der Waals surface area contributed by atoms with Gasteiger partial charge in [-0.25, -0.2) is 4.57 Å². The first-order chi connectivity index (χ1) is 26.9. The molecule has 17 heteroatoms. The number of amides is 4. The highest BCUT2D eigenvalue weighted by atomic mass is 35.5. The number of phosphoric acid groups is 1. The zero-order chi connectivity index (χ0) is 41.1. The molecule has 0 unspecified atom stereocenters. The molecule has 3 aromatic carbocycles. The summed E-state index contributed by atoms with van der Waals surface area (Å²) in [4.78, 5) is 83.2. The van der Waals surface area contributed by atoms with Gasteiger partial charge in [0.15, 0.2) is 5.75 Å². The fraction of sp³-hybridized carbons (Fsp3) is 0.450. The minimum Gasteiger partial charge on any atom is -0.402 e. The monoisotopic (exact) mass is 838 g/mol. The molecule has 3 aliphatic carbocycles. The molecule has 302 valence electrons. The van der Waals surface area contributed by atoms with Crippen molar-refractivity contribution in [3.63, 3.8) is 0 Å². The number of anilines is 3. The van der Waals surface area contributed by atoms with Crippen LogP contribution in [-0.2, 0) is 23.7 Å². The number of aryl methyl sites for hydroxylation is 1. The number of aromatic nitrogens is 1. The number of halogens is 2. The SMILES string of the molecule is Cc1c[nH]c2c(OP(=O)(O)O)cc3c(c12)[C@H](CCl)CN3C(=O)C12CC(C(=O)N3C[C@@H](CCl)c4c3cc(N(C(=O)[C@@H](N)C(C)C)[C@@H](C)C(N)=O)c3ccccc43)(C1)C2. The Kier molecular flexibility index (Phi) is 9.54. The van der Waals surface area contributed by atoms with E-state index in [0.717, 1.165) is 22.1 Å². The Morgan fingerprint density at radius 2 is 1.49 bits per heavy atom. The number of benzene rings is 3. The molecular formula is C40H45Cl2N6O8P. The number of aromatic amines is 1. The fourth-order valence-electron chi connectivity index (χ4n) is 9.88. The van der Waals surface area contributed by atoms with E-state index in [1.165, 1.54) is 11.0 Å². The molecule has 3 saturated carbocycles. The molecule has 4 atom stereocenters. The quantitative estimate of drug-likeness (QED) is 0.0952. The van der Waals surface area contributed by atoms with Crippen molar-refractivity contribution in [3.8, 4) is 5.75 Å². The van der Waals surface area contributed by atoms with Gasteiger partial charge in [-0.05, 0) is 67.2 Å². The zero-order valence-corrected chi connectivity index (χ0v) is 34.3. The molecule has 4 amide bonds. The number of nitrogens with two attached hydrogens (primary N) is 2. The average molecular weight is 840 g/mol. The Bertz CT molecular complexity index is 2430. The summed E-state index contributed by atoms with van der Waals surface area (Å²) in [5, 5.41) is 2.18. The van der Waals surface area contributed by atoms with Crippen molar-refractivity contribution < 1.29 is 38.1 Å². The van der Waals surface area contributed by atoms with Gasteiger partial charge in [-0.15, -0.1) is 23.2 Å². The van der Waals surface area contributed by atoms with E-state index in [4.69, 9.17) is 39.2 Å². The third-order valence-electron chi connectivity index (χ3n) is 12.7. The molecule has 0 spiro atoms. The number of hydrogen-bond acceptors (Lipinski definition) is 7. The van der Waals surface area contributed by atoms with E-state index in [9.17, 15) is 33.5 Å². The molecule has 2 aliphatic heterocycles. The van der Waals surface area contributed by atoms with Crippen LogP contribution in [0.3, 0.4) is 0 Å². The van der Waals surface area contributed by atoms with Crippen molar-refractivity contribution in [1.29, 1.82) is 0 Å². The molecule has 4 aromatic rings. The summed E-state index contributed by atoms with van der Waals surface area (Å²) in [5.74, 6) is -1.85. The van der Waals surface area contributed by atoms with E-state index in [1.54, 1.807) is 29.0 Å². The summed E-state index contributed by atoms with van der Waals surface area (Å²) in [7, 11) is -4.94. The highest BCUT2D eigenvalue weighted by molar-refractivity contribution is 7.46. The maximum absolute atomic E-state index is 14.8. The predicted octanol–water partition coefficient (Wildman–Crippen LogP) is 5.50. The minimum atomic E-state index is -4.94.